The molecule has 1 aromatic carbocycles. The van der Waals surface area contributed by atoms with E-state index in [1.807, 2.05) is 19.9 Å². The summed E-state index contributed by atoms with van der Waals surface area (Å²) in [5.41, 5.74) is 8.38. The van der Waals surface area contributed by atoms with Gasteiger partial charge in [-0.1, -0.05) is 19.9 Å². The van der Waals surface area contributed by atoms with Gasteiger partial charge in [0, 0.05) is 12.0 Å². The molecule has 18 heavy (non-hydrogen) atoms. The van der Waals surface area contributed by atoms with Crippen molar-refractivity contribution in [1.82, 2.24) is 5.32 Å². The molecule has 0 aromatic heterocycles. The van der Waals surface area contributed by atoms with Gasteiger partial charge in [0.05, 0.1) is 7.11 Å². The van der Waals surface area contributed by atoms with Crippen molar-refractivity contribution in [3.63, 3.8) is 0 Å². The number of carbonyl (C=O) groups excluding carboxylic acids is 1. The Morgan fingerprint density at radius 1 is 1.33 bits per heavy atom. The van der Waals surface area contributed by atoms with Crippen LogP contribution in [-0.4, -0.2) is 19.7 Å². The molecule has 2 amide bonds. The van der Waals surface area contributed by atoms with Crippen LogP contribution < -0.4 is 15.8 Å². The van der Waals surface area contributed by atoms with Crippen LogP contribution in [0.4, 0.5) is 4.79 Å². The van der Waals surface area contributed by atoms with E-state index in [2.05, 4.69) is 25.2 Å². The molecular weight excluding hydrogens is 228 g/mol. The Kier molecular flexibility index (Phi) is 4.22. The normalized spacial score (nSPS) is 11.2. The summed E-state index contributed by atoms with van der Waals surface area (Å²) < 4.78 is 5.30. The van der Waals surface area contributed by atoms with Crippen molar-refractivity contribution < 1.29 is 9.53 Å². The Hall–Kier alpha value is -1.71. The topological polar surface area (TPSA) is 64.3 Å². The molecule has 3 N–H and O–H groups in total. The van der Waals surface area contributed by atoms with Crippen LogP contribution >= 0.6 is 0 Å². The summed E-state index contributed by atoms with van der Waals surface area (Å²) in [5, 5.41) is 2.67. The van der Waals surface area contributed by atoms with Crippen molar-refractivity contribution in [2.75, 3.05) is 13.7 Å². The van der Waals surface area contributed by atoms with Gasteiger partial charge in [0.25, 0.3) is 0 Å². The number of urea groups is 1. The Morgan fingerprint density at radius 2 is 1.94 bits per heavy atom. The maximum atomic E-state index is 10.8. The second kappa shape index (κ2) is 5.29. The molecule has 0 heterocycles. The molecule has 0 radical (unpaired) electrons. The number of benzene rings is 1. The quantitative estimate of drug-likeness (QED) is 0.861. The second-order valence-electron chi connectivity index (χ2n) is 5.24. The van der Waals surface area contributed by atoms with Crippen LogP contribution in [0.5, 0.6) is 5.75 Å². The number of aryl methyl sites for hydroxylation is 2. The Balaban J connectivity index is 3.08. The third-order valence-electron chi connectivity index (χ3n) is 3.18. The summed E-state index contributed by atoms with van der Waals surface area (Å²) in [7, 11) is 1.67. The highest BCUT2D eigenvalue weighted by molar-refractivity contribution is 5.71. The van der Waals surface area contributed by atoms with E-state index in [9.17, 15) is 4.79 Å². The van der Waals surface area contributed by atoms with Crippen molar-refractivity contribution in [3.05, 3.63) is 28.8 Å². The van der Waals surface area contributed by atoms with E-state index in [0.717, 1.165) is 16.9 Å². The first-order chi connectivity index (χ1) is 8.27. The average Bonchev–Trinajstić information content (AvgIpc) is 2.29. The number of carbonyl (C=O) groups is 1. The Morgan fingerprint density at radius 3 is 2.44 bits per heavy atom. The van der Waals surface area contributed by atoms with Gasteiger partial charge >= 0.3 is 6.03 Å². The number of primary amides is 1. The number of hydrogen-bond acceptors (Lipinski definition) is 2. The highest BCUT2D eigenvalue weighted by atomic mass is 16.5. The van der Waals surface area contributed by atoms with Gasteiger partial charge in [0.1, 0.15) is 5.75 Å². The first-order valence-electron chi connectivity index (χ1n) is 5.97. The molecule has 1 aromatic rings. The fraction of sp³-hybridized carbons (Fsp3) is 0.500. The standard InChI is InChI=1S/C14H22N2O2/c1-9-7-12(18-5)10(2)6-11(9)14(3,4)8-16-13(15)17/h6-7H,8H2,1-5H3,(H3,15,16,17). The van der Waals surface area contributed by atoms with Crippen molar-refractivity contribution in [3.8, 4) is 5.75 Å². The van der Waals surface area contributed by atoms with Crippen LogP contribution in [-0.2, 0) is 5.41 Å². The molecule has 0 saturated carbocycles. The molecule has 0 unspecified atom stereocenters. The minimum absolute atomic E-state index is 0.170. The van der Waals surface area contributed by atoms with Gasteiger partial charge < -0.3 is 15.8 Å². The summed E-state index contributed by atoms with van der Waals surface area (Å²) in [6, 6.07) is 3.64. The van der Waals surface area contributed by atoms with Gasteiger partial charge in [0.15, 0.2) is 0 Å². The third-order valence-corrected chi connectivity index (χ3v) is 3.18. The monoisotopic (exact) mass is 250 g/mol. The zero-order valence-electron chi connectivity index (χ0n) is 11.8. The predicted molar refractivity (Wildman–Crippen MR) is 73.1 cm³/mol. The molecule has 0 atom stereocenters. The van der Waals surface area contributed by atoms with Crippen molar-refractivity contribution in [2.45, 2.75) is 33.1 Å². The van der Waals surface area contributed by atoms with Gasteiger partial charge in [-0.25, -0.2) is 4.79 Å². The molecule has 0 saturated heterocycles. The lowest BCUT2D eigenvalue weighted by molar-refractivity contribution is 0.246. The van der Waals surface area contributed by atoms with Gasteiger partial charge in [-0.2, -0.15) is 0 Å². The highest BCUT2D eigenvalue weighted by Gasteiger charge is 2.24. The minimum atomic E-state index is -0.494. The molecule has 0 spiro atoms. The van der Waals surface area contributed by atoms with Gasteiger partial charge in [-0.05, 0) is 36.6 Å². The molecule has 0 aliphatic heterocycles. The maximum Gasteiger partial charge on any atom is 0.312 e. The Labute approximate surface area is 109 Å². The van der Waals surface area contributed by atoms with E-state index in [4.69, 9.17) is 10.5 Å². The fourth-order valence-electron chi connectivity index (χ4n) is 2.14. The van der Waals surface area contributed by atoms with Crippen molar-refractivity contribution >= 4 is 6.03 Å². The van der Waals surface area contributed by atoms with E-state index in [0.29, 0.717) is 6.54 Å². The number of nitrogens with two attached hydrogens (primary N) is 1. The lowest BCUT2D eigenvalue weighted by Gasteiger charge is -2.28. The number of methoxy groups -OCH3 is 1. The zero-order valence-corrected chi connectivity index (χ0v) is 11.8. The maximum absolute atomic E-state index is 10.8. The highest BCUT2D eigenvalue weighted by Crippen LogP contribution is 2.31. The molecule has 0 aliphatic rings. The summed E-state index contributed by atoms with van der Waals surface area (Å²) >= 11 is 0. The molecule has 4 heteroatoms. The van der Waals surface area contributed by atoms with E-state index in [1.54, 1.807) is 7.11 Å². The molecule has 1 rings (SSSR count). The molecule has 0 bridgehead atoms. The Bertz CT molecular complexity index is 453. The van der Waals surface area contributed by atoms with E-state index >= 15 is 0 Å². The van der Waals surface area contributed by atoms with Crippen molar-refractivity contribution in [1.29, 1.82) is 0 Å². The van der Waals surface area contributed by atoms with E-state index < -0.39 is 6.03 Å². The van der Waals surface area contributed by atoms with Crippen LogP contribution in [0.3, 0.4) is 0 Å². The lowest BCUT2D eigenvalue weighted by Crippen LogP contribution is -2.39. The van der Waals surface area contributed by atoms with Crippen LogP contribution in [0.1, 0.15) is 30.5 Å². The minimum Gasteiger partial charge on any atom is -0.496 e. The third kappa shape index (κ3) is 3.15. The molecule has 0 aliphatic carbocycles. The van der Waals surface area contributed by atoms with E-state index in [1.165, 1.54) is 5.56 Å². The van der Waals surface area contributed by atoms with Crippen molar-refractivity contribution in [2.24, 2.45) is 5.73 Å². The van der Waals surface area contributed by atoms with Gasteiger partial charge in [0.2, 0.25) is 0 Å². The van der Waals surface area contributed by atoms with E-state index in [-0.39, 0.29) is 5.41 Å². The first-order valence-corrected chi connectivity index (χ1v) is 5.97. The number of hydrogen-bond donors (Lipinski definition) is 2. The van der Waals surface area contributed by atoms with Crippen LogP contribution in [0, 0.1) is 13.8 Å². The number of rotatable bonds is 4. The predicted octanol–water partition coefficient (Wildman–Crippen LogP) is 2.26. The molecule has 100 valence electrons. The fourth-order valence-corrected chi connectivity index (χ4v) is 2.14. The summed E-state index contributed by atoms with van der Waals surface area (Å²) in [6.07, 6.45) is 0. The SMILES string of the molecule is COc1cc(C)c(C(C)(C)CNC(N)=O)cc1C. The van der Waals surface area contributed by atoms with Crippen LogP contribution in [0.15, 0.2) is 12.1 Å². The summed E-state index contributed by atoms with van der Waals surface area (Å²) in [5.74, 6) is 0.884. The molecule has 0 fully saturated rings. The van der Waals surface area contributed by atoms with Gasteiger partial charge in [-0.15, -0.1) is 0 Å². The number of amides is 2. The number of nitrogens with one attached hydrogen (secondary N) is 1. The zero-order chi connectivity index (χ0) is 13.9. The molecule has 4 nitrogen and oxygen atoms in total. The lowest BCUT2D eigenvalue weighted by atomic mass is 9.81. The average molecular weight is 250 g/mol. The molecular formula is C14H22N2O2. The van der Waals surface area contributed by atoms with Gasteiger partial charge in [-0.3, -0.25) is 0 Å². The largest absolute Gasteiger partial charge is 0.496 e. The second-order valence-corrected chi connectivity index (χ2v) is 5.24. The summed E-state index contributed by atoms with van der Waals surface area (Å²) in [6.45, 7) is 8.73. The smallest absolute Gasteiger partial charge is 0.312 e. The first kappa shape index (κ1) is 14.4. The van der Waals surface area contributed by atoms with Crippen LogP contribution in [0.25, 0.3) is 0 Å². The van der Waals surface area contributed by atoms with Crippen LogP contribution in [0.2, 0.25) is 0 Å². The number of ether oxygens (including phenoxy) is 1. The summed E-state index contributed by atoms with van der Waals surface area (Å²) in [4.78, 5) is 10.8.